The van der Waals surface area contributed by atoms with Crippen molar-refractivity contribution in [1.82, 2.24) is 0 Å². The molecule has 2 bridgehead atoms. The van der Waals surface area contributed by atoms with E-state index in [0.717, 1.165) is 6.42 Å². The van der Waals surface area contributed by atoms with E-state index in [-0.39, 0.29) is 5.92 Å². The monoisotopic (exact) mass is 194 g/mol. The molecule has 0 spiro atoms. The molecule has 1 fully saturated rings. The predicted octanol–water partition coefficient (Wildman–Crippen LogP) is 2.56. The van der Waals surface area contributed by atoms with Crippen molar-refractivity contribution in [2.24, 2.45) is 29.6 Å². The first kappa shape index (κ1) is 9.75. The minimum Gasteiger partial charge on any atom is -0.481 e. The summed E-state index contributed by atoms with van der Waals surface area (Å²) in [5.74, 6) is 1.39. The molecule has 78 valence electrons. The number of aliphatic carboxylic acids is 1. The van der Waals surface area contributed by atoms with Crippen molar-refractivity contribution in [2.45, 2.75) is 26.7 Å². The lowest BCUT2D eigenvalue weighted by atomic mass is 9.75. The maximum Gasteiger partial charge on any atom is 0.306 e. The van der Waals surface area contributed by atoms with Crippen molar-refractivity contribution in [3.8, 4) is 0 Å². The fourth-order valence-electron chi connectivity index (χ4n) is 3.38. The van der Waals surface area contributed by atoms with Crippen molar-refractivity contribution in [3.63, 3.8) is 0 Å². The SMILES string of the molecule is CCC(C(=O)O)C1C2C=CC(C2)C1C. The van der Waals surface area contributed by atoms with Gasteiger partial charge in [-0.1, -0.05) is 26.0 Å². The molecule has 2 rings (SSSR count). The average molecular weight is 194 g/mol. The molecule has 0 aromatic rings. The summed E-state index contributed by atoms with van der Waals surface area (Å²) < 4.78 is 0. The van der Waals surface area contributed by atoms with E-state index in [4.69, 9.17) is 5.11 Å². The number of carboxylic acids is 1. The highest BCUT2D eigenvalue weighted by atomic mass is 16.4. The van der Waals surface area contributed by atoms with Gasteiger partial charge in [-0.2, -0.15) is 0 Å². The molecule has 5 atom stereocenters. The van der Waals surface area contributed by atoms with Crippen LogP contribution in [0.3, 0.4) is 0 Å². The molecule has 0 heterocycles. The lowest BCUT2D eigenvalue weighted by molar-refractivity contribution is -0.144. The second-order valence-corrected chi connectivity index (χ2v) is 4.74. The Labute approximate surface area is 85.0 Å². The van der Waals surface area contributed by atoms with Crippen LogP contribution in [0.5, 0.6) is 0 Å². The van der Waals surface area contributed by atoms with Gasteiger partial charge in [-0.25, -0.2) is 0 Å². The van der Waals surface area contributed by atoms with Crippen LogP contribution in [-0.2, 0) is 4.79 Å². The summed E-state index contributed by atoms with van der Waals surface area (Å²) in [5, 5.41) is 9.16. The number of allylic oxidation sites excluding steroid dienone is 2. The average Bonchev–Trinajstić information content (AvgIpc) is 2.69. The minimum atomic E-state index is -0.606. The summed E-state index contributed by atoms with van der Waals surface area (Å²) in [6.07, 6.45) is 6.47. The standard InChI is InChI=1S/C12H18O2/c1-3-10(12(13)14)11-7(2)8-4-5-9(11)6-8/h4-5,7-11H,3,6H2,1-2H3,(H,13,14). The normalized spacial score (nSPS) is 41.6. The molecule has 0 aliphatic heterocycles. The summed E-state index contributed by atoms with van der Waals surface area (Å²) in [7, 11) is 0. The molecule has 1 saturated carbocycles. The number of hydrogen-bond acceptors (Lipinski definition) is 1. The van der Waals surface area contributed by atoms with Crippen molar-refractivity contribution in [3.05, 3.63) is 12.2 Å². The summed E-state index contributed by atoms with van der Waals surface area (Å²) >= 11 is 0. The quantitative estimate of drug-likeness (QED) is 0.701. The smallest absolute Gasteiger partial charge is 0.306 e. The lowest BCUT2D eigenvalue weighted by Gasteiger charge is -2.29. The molecule has 0 saturated heterocycles. The van der Waals surface area contributed by atoms with Crippen LogP contribution < -0.4 is 0 Å². The van der Waals surface area contributed by atoms with Crippen LogP contribution in [-0.4, -0.2) is 11.1 Å². The van der Waals surface area contributed by atoms with Gasteiger partial charge in [0.2, 0.25) is 0 Å². The van der Waals surface area contributed by atoms with Crippen molar-refractivity contribution < 1.29 is 9.90 Å². The Morgan fingerprint density at radius 3 is 2.57 bits per heavy atom. The molecule has 0 radical (unpaired) electrons. The summed E-state index contributed by atoms with van der Waals surface area (Å²) in [6, 6.07) is 0. The third-order valence-corrected chi connectivity index (χ3v) is 4.15. The largest absolute Gasteiger partial charge is 0.481 e. The zero-order chi connectivity index (χ0) is 10.3. The van der Waals surface area contributed by atoms with E-state index in [2.05, 4.69) is 19.1 Å². The van der Waals surface area contributed by atoms with Crippen molar-refractivity contribution in [2.75, 3.05) is 0 Å². The third-order valence-electron chi connectivity index (χ3n) is 4.15. The van der Waals surface area contributed by atoms with Gasteiger partial charge in [-0.15, -0.1) is 0 Å². The highest BCUT2D eigenvalue weighted by Gasteiger charge is 2.46. The maximum absolute atomic E-state index is 11.1. The fourth-order valence-corrected chi connectivity index (χ4v) is 3.38. The van der Waals surface area contributed by atoms with Crippen LogP contribution in [0, 0.1) is 29.6 Å². The predicted molar refractivity (Wildman–Crippen MR) is 54.8 cm³/mol. The lowest BCUT2D eigenvalue weighted by Crippen LogP contribution is -2.30. The van der Waals surface area contributed by atoms with Gasteiger partial charge in [0.15, 0.2) is 0 Å². The molecule has 5 unspecified atom stereocenters. The van der Waals surface area contributed by atoms with Gasteiger partial charge >= 0.3 is 5.97 Å². The molecule has 2 nitrogen and oxygen atoms in total. The van der Waals surface area contributed by atoms with Gasteiger partial charge in [-0.3, -0.25) is 4.79 Å². The van der Waals surface area contributed by atoms with Gasteiger partial charge in [0.1, 0.15) is 0 Å². The highest BCUT2D eigenvalue weighted by Crippen LogP contribution is 2.51. The molecule has 1 N–H and O–H groups in total. The number of rotatable bonds is 3. The summed E-state index contributed by atoms with van der Waals surface area (Å²) in [4.78, 5) is 11.1. The molecule has 2 aliphatic carbocycles. The second-order valence-electron chi connectivity index (χ2n) is 4.74. The first-order chi connectivity index (χ1) is 6.65. The molecule has 0 aromatic heterocycles. The summed E-state index contributed by atoms with van der Waals surface area (Å²) in [5.41, 5.74) is 0. The molecule has 0 aromatic carbocycles. The second kappa shape index (κ2) is 3.41. The van der Waals surface area contributed by atoms with E-state index >= 15 is 0 Å². The number of hydrogen-bond donors (Lipinski definition) is 1. The van der Waals surface area contributed by atoms with E-state index in [1.54, 1.807) is 0 Å². The Morgan fingerprint density at radius 2 is 2.14 bits per heavy atom. The van der Waals surface area contributed by atoms with E-state index < -0.39 is 5.97 Å². The minimum absolute atomic E-state index is 0.134. The number of fused-ring (bicyclic) bond motifs is 2. The summed E-state index contributed by atoms with van der Waals surface area (Å²) in [6.45, 7) is 4.20. The molecule has 14 heavy (non-hydrogen) atoms. The van der Waals surface area contributed by atoms with Crippen LogP contribution in [0.4, 0.5) is 0 Å². The topological polar surface area (TPSA) is 37.3 Å². The van der Waals surface area contributed by atoms with E-state index in [1.807, 2.05) is 6.92 Å². The Hall–Kier alpha value is -0.790. The first-order valence-electron chi connectivity index (χ1n) is 5.56. The Bertz CT molecular complexity index is 269. The highest BCUT2D eigenvalue weighted by molar-refractivity contribution is 5.70. The van der Waals surface area contributed by atoms with Gasteiger partial charge in [-0.05, 0) is 36.5 Å². The van der Waals surface area contributed by atoms with Crippen LogP contribution in [0.15, 0.2) is 12.2 Å². The van der Waals surface area contributed by atoms with Crippen molar-refractivity contribution >= 4 is 5.97 Å². The van der Waals surface area contributed by atoms with Crippen LogP contribution >= 0.6 is 0 Å². The van der Waals surface area contributed by atoms with E-state index in [0.29, 0.717) is 23.7 Å². The van der Waals surface area contributed by atoms with Crippen LogP contribution in [0.1, 0.15) is 26.7 Å². The zero-order valence-corrected chi connectivity index (χ0v) is 8.81. The van der Waals surface area contributed by atoms with Gasteiger partial charge < -0.3 is 5.11 Å². The Balaban J connectivity index is 2.18. The van der Waals surface area contributed by atoms with E-state index in [1.165, 1.54) is 6.42 Å². The van der Waals surface area contributed by atoms with Gasteiger partial charge in [0.25, 0.3) is 0 Å². The first-order valence-corrected chi connectivity index (χ1v) is 5.56. The molecule has 0 amide bonds. The van der Waals surface area contributed by atoms with Crippen LogP contribution in [0.2, 0.25) is 0 Å². The van der Waals surface area contributed by atoms with Crippen molar-refractivity contribution in [1.29, 1.82) is 0 Å². The maximum atomic E-state index is 11.1. The van der Waals surface area contributed by atoms with Gasteiger partial charge in [0, 0.05) is 0 Å². The third kappa shape index (κ3) is 1.28. The van der Waals surface area contributed by atoms with Gasteiger partial charge in [0.05, 0.1) is 5.92 Å². The molecular weight excluding hydrogens is 176 g/mol. The molecule has 2 aliphatic rings. The van der Waals surface area contributed by atoms with Crippen LogP contribution in [0.25, 0.3) is 0 Å². The fraction of sp³-hybridized carbons (Fsp3) is 0.750. The zero-order valence-electron chi connectivity index (χ0n) is 8.81. The Kier molecular flexibility index (Phi) is 2.38. The molecule has 2 heteroatoms. The Morgan fingerprint density at radius 1 is 1.50 bits per heavy atom. The number of carbonyl (C=O) groups is 1. The molecular formula is C12H18O2. The van der Waals surface area contributed by atoms with E-state index in [9.17, 15) is 4.79 Å². The number of carboxylic acid groups (broad SMARTS) is 1.